The lowest BCUT2D eigenvalue weighted by atomic mass is 10.1. The molecule has 0 aliphatic heterocycles. The molecule has 19 heavy (non-hydrogen) atoms. The van der Waals surface area contributed by atoms with E-state index in [0.717, 1.165) is 11.4 Å². The van der Waals surface area contributed by atoms with Crippen molar-refractivity contribution in [2.24, 2.45) is 0 Å². The summed E-state index contributed by atoms with van der Waals surface area (Å²) in [6.45, 7) is 4.11. The van der Waals surface area contributed by atoms with Crippen molar-refractivity contribution in [3.8, 4) is 11.8 Å². The molecule has 0 spiro atoms. The number of hydrogen-bond donors (Lipinski definition) is 1. The number of halogens is 1. The van der Waals surface area contributed by atoms with Gasteiger partial charge in [-0.3, -0.25) is 0 Å². The van der Waals surface area contributed by atoms with Crippen molar-refractivity contribution in [2.45, 2.75) is 20.4 Å². The van der Waals surface area contributed by atoms with E-state index in [1.54, 1.807) is 18.5 Å². The second-order valence-corrected chi connectivity index (χ2v) is 4.31. The van der Waals surface area contributed by atoms with Gasteiger partial charge in [0.1, 0.15) is 12.4 Å². The van der Waals surface area contributed by atoms with Crippen molar-refractivity contribution in [1.82, 2.24) is 9.55 Å². The third-order valence-corrected chi connectivity index (χ3v) is 3.05. The molecule has 4 heteroatoms. The van der Waals surface area contributed by atoms with Gasteiger partial charge in [0.15, 0.2) is 0 Å². The second-order valence-electron chi connectivity index (χ2n) is 4.31. The van der Waals surface area contributed by atoms with Crippen molar-refractivity contribution in [3.05, 3.63) is 52.9 Å². The number of aromatic nitrogens is 2. The predicted molar refractivity (Wildman–Crippen MR) is 71.2 cm³/mol. The van der Waals surface area contributed by atoms with Gasteiger partial charge in [-0.25, -0.2) is 9.37 Å². The number of aliphatic hydroxyl groups is 1. The molecule has 0 atom stereocenters. The maximum absolute atomic E-state index is 13.9. The summed E-state index contributed by atoms with van der Waals surface area (Å²) < 4.78 is 15.8. The van der Waals surface area contributed by atoms with Crippen molar-refractivity contribution >= 4 is 0 Å². The number of imidazole rings is 1. The van der Waals surface area contributed by atoms with Gasteiger partial charge >= 0.3 is 0 Å². The number of hydrogen-bond acceptors (Lipinski definition) is 2. The molecule has 1 N–H and O–H groups in total. The third-order valence-electron chi connectivity index (χ3n) is 3.05. The summed E-state index contributed by atoms with van der Waals surface area (Å²) in [5, 5.41) is 8.60. The van der Waals surface area contributed by atoms with E-state index in [1.807, 2.05) is 18.4 Å². The van der Waals surface area contributed by atoms with Crippen LogP contribution >= 0.6 is 0 Å². The van der Waals surface area contributed by atoms with E-state index in [9.17, 15) is 4.39 Å². The molecular weight excluding hydrogens is 243 g/mol. The normalized spacial score (nSPS) is 10.1. The van der Waals surface area contributed by atoms with Crippen LogP contribution in [0.15, 0.2) is 24.5 Å². The molecule has 2 aromatic rings. The highest BCUT2D eigenvalue weighted by molar-refractivity contribution is 5.37. The first kappa shape index (κ1) is 13.3. The Morgan fingerprint density at radius 1 is 1.37 bits per heavy atom. The average molecular weight is 258 g/mol. The Bertz CT molecular complexity index is 650. The van der Waals surface area contributed by atoms with Crippen LogP contribution < -0.4 is 0 Å². The summed E-state index contributed by atoms with van der Waals surface area (Å²) in [7, 11) is 0. The summed E-state index contributed by atoms with van der Waals surface area (Å²) in [4.78, 5) is 4.19. The maximum atomic E-state index is 13.9. The van der Waals surface area contributed by atoms with Crippen LogP contribution in [-0.2, 0) is 6.54 Å². The number of benzene rings is 1. The van der Waals surface area contributed by atoms with Gasteiger partial charge in [-0.2, -0.15) is 0 Å². The third kappa shape index (κ3) is 3.01. The van der Waals surface area contributed by atoms with Gasteiger partial charge in [-0.15, -0.1) is 0 Å². The Morgan fingerprint density at radius 2 is 2.16 bits per heavy atom. The molecule has 98 valence electrons. The molecule has 0 saturated carbocycles. The highest BCUT2D eigenvalue weighted by atomic mass is 19.1. The zero-order chi connectivity index (χ0) is 13.8. The average Bonchev–Trinajstić information content (AvgIpc) is 2.71. The summed E-state index contributed by atoms with van der Waals surface area (Å²) in [6, 6.07) is 4.85. The minimum absolute atomic E-state index is 0.225. The largest absolute Gasteiger partial charge is 0.384 e. The van der Waals surface area contributed by atoms with Crippen molar-refractivity contribution in [3.63, 3.8) is 0 Å². The molecular formula is C15H15FN2O. The molecule has 0 aliphatic carbocycles. The van der Waals surface area contributed by atoms with E-state index in [4.69, 9.17) is 5.11 Å². The SMILES string of the molecule is Cc1ncn(Cc2ccc(C#CCO)cc2F)c1C. The molecule has 1 aromatic carbocycles. The molecule has 1 aromatic heterocycles. The summed E-state index contributed by atoms with van der Waals surface area (Å²) >= 11 is 0. The zero-order valence-corrected chi connectivity index (χ0v) is 10.9. The zero-order valence-electron chi connectivity index (χ0n) is 10.9. The fourth-order valence-electron chi connectivity index (χ4n) is 1.78. The van der Waals surface area contributed by atoms with E-state index >= 15 is 0 Å². The molecule has 0 radical (unpaired) electrons. The maximum Gasteiger partial charge on any atom is 0.129 e. The van der Waals surface area contributed by atoms with Crippen molar-refractivity contribution < 1.29 is 9.50 Å². The smallest absolute Gasteiger partial charge is 0.129 e. The van der Waals surface area contributed by atoms with E-state index in [2.05, 4.69) is 16.8 Å². The van der Waals surface area contributed by atoms with Gasteiger partial charge in [0.25, 0.3) is 0 Å². The van der Waals surface area contributed by atoms with Gasteiger partial charge in [0, 0.05) is 16.8 Å². The summed E-state index contributed by atoms with van der Waals surface area (Å²) in [5.74, 6) is 4.88. The standard InChI is InChI=1S/C15H15FN2O/c1-11-12(2)18(10-17-11)9-14-6-5-13(4-3-7-19)8-15(14)16/h5-6,8,10,19H,7,9H2,1-2H3. The van der Waals surface area contributed by atoms with Crippen LogP contribution in [0.25, 0.3) is 0 Å². The van der Waals surface area contributed by atoms with Gasteiger partial charge in [0.2, 0.25) is 0 Å². The number of rotatable bonds is 2. The lowest BCUT2D eigenvalue weighted by Gasteiger charge is -2.07. The molecule has 0 fully saturated rings. The van der Waals surface area contributed by atoms with Crippen LogP contribution in [0.3, 0.4) is 0 Å². The fourth-order valence-corrected chi connectivity index (χ4v) is 1.78. The lowest BCUT2D eigenvalue weighted by Crippen LogP contribution is -2.03. The molecule has 2 rings (SSSR count). The monoisotopic (exact) mass is 258 g/mol. The van der Waals surface area contributed by atoms with Gasteiger partial charge in [0.05, 0.1) is 18.6 Å². The number of nitrogens with zero attached hydrogens (tertiary/aromatic N) is 2. The molecule has 0 unspecified atom stereocenters. The molecule has 0 saturated heterocycles. The van der Waals surface area contributed by atoms with Crippen LogP contribution in [0, 0.1) is 31.5 Å². The Balaban J connectivity index is 2.24. The van der Waals surface area contributed by atoms with Crippen LogP contribution in [0.5, 0.6) is 0 Å². The highest BCUT2D eigenvalue weighted by Gasteiger charge is 2.07. The van der Waals surface area contributed by atoms with Crippen molar-refractivity contribution in [2.75, 3.05) is 6.61 Å². The molecule has 0 bridgehead atoms. The Hall–Kier alpha value is -2.12. The fraction of sp³-hybridized carbons (Fsp3) is 0.267. The van der Waals surface area contributed by atoms with Crippen LogP contribution in [0.2, 0.25) is 0 Å². The number of aliphatic hydroxyl groups excluding tert-OH is 1. The number of aryl methyl sites for hydroxylation is 1. The summed E-state index contributed by atoms with van der Waals surface area (Å²) in [6.07, 6.45) is 1.71. The Morgan fingerprint density at radius 3 is 2.74 bits per heavy atom. The van der Waals surface area contributed by atoms with Crippen LogP contribution in [-0.4, -0.2) is 21.3 Å². The van der Waals surface area contributed by atoms with E-state index < -0.39 is 0 Å². The first-order valence-electron chi connectivity index (χ1n) is 5.98. The molecule has 3 nitrogen and oxygen atoms in total. The van der Waals surface area contributed by atoms with Crippen LogP contribution in [0.4, 0.5) is 4.39 Å². The van der Waals surface area contributed by atoms with Crippen LogP contribution in [0.1, 0.15) is 22.5 Å². The first-order valence-corrected chi connectivity index (χ1v) is 5.98. The minimum atomic E-state index is -0.296. The lowest BCUT2D eigenvalue weighted by molar-refractivity contribution is 0.350. The van der Waals surface area contributed by atoms with Gasteiger partial charge in [-0.1, -0.05) is 17.9 Å². The first-order chi connectivity index (χ1) is 9.11. The molecule has 0 amide bonds. The molecule has 0 aliphatic rings. The van der Waals surface area contributed by atoms with Crippen molar-refractivity contribution in [1.29, 1.82) is 0 Å². The topological polar surface area (TPSA) is 38.0 Å². The second kappa shape index (κ2) is 5.68. The Kier molecular flexibility index (Phi) is 3.98. The highest BCUT2D eigenvalue weighted by Crippen LogP contribution is 2.14. The predicted octanol–water partition coefficient (Wildman–Crippen LogP) is 2.03. The van der Waals surface area contributed by atoms with E-state index in [1.165, 1.54) is 6.07 Å². The van der Waals surface area contributed by atoms with E-state index in [-0.39, 0.29) is 12.4 Å². The van der Waals surface area contributed by atoms with Gasteiger partial charge in [-0.05, 0) is 26.0 Å². The van der Waals surface area contributed by atoms with Gasteiger partial charge < -0.3 is 9.67 Å². The Labute approximate surface area is 111 Å². The quantitative estimate of drug-likeness (QED) is 0.837. The minimum Gasteiger partial charge on any atom is -0.384 e. The van der Waals surface area contributed by atoms with E-state index in [0.29, 0.717) is 17.7 Å². The summed E-state index contributed by atoms with van der Waals surface area (Å²) in [5.41, 5.74) is 3.14. The molecule has 1 heterocycles.